The first-order valence-electron chi connectivity index (χ1n) is 2.62. The van der Waals surface area contributed by atoms with Crippen LogP contribution in [0.4, 0.5) is 4.39 Å². The van der Waals surface area contributed by atoms with Gasteiger partial charge in [0.05, 0.1) is 0 Å². The third-order valence-corrected chi connectivity index (χ3v) is 0.956. The van der Waals surface area contributed by atoms with Crippen LogP contribution in [0.5, 0.6) is 5.75 Å². The Morgan fingerprint density at radius 3 is 2.90 bits per heavy atom. The number of ether oxygens (including phenoxy) is 1. The summed E-state index contributed by atoms with van der Waals surface area (Å²) in [5, 5.41) is 0. The molecule has 2 nitrogen and oxygen atoms in total. The SMILES string of the molecule is O=[C]Oc1cccc(F)c1. The summed E-state index contributed by atoms with van der Waals surface area (Å²) in [4.78, 5) is 9.62. The molecule has 0 unspecified atom stereocenters. The molecule has 0 spiro atoms. The second-order valence-electron chi connectivity index (χ2n) is 1.64. The molecule has 0 N–H and O–H groups in total. The Morgan fingerprint density at radius 1 is 1.50 bits per heavy atom. The lowest BCUT2D eigenvalue weighted by atomic mass is 10.3. The molecule has 0 fully saturated rings. The lowest BCUT2D eigenvalue weighted by Crippen LogP contribution is -1.87. The van der Waals surface area contributed by atoms with Crippen LogP contribution in [0.3, 0.4) is 0 Å². The summed E-state index contributed by atoms with van der Waals surface area (Å²) >= 11 is 0. The molecular weight excluding hydrogens is 135 g/mol. The monoisotopic (exact) mass is 139 g/mol. The fourth-order valence-corrected chi connectivity index (χ4v) is 0.579. The predicted molar refractivity (Wildman–Crippen MR) is 32.7 cm³/mol. The highest BCUT2D eigenvalue weighted by molar-refractivity contribution is 5.45. The molecule has 1 aromatic rings. The van der Waals surface area contributed by atoms with E-state index in [1.54, 1.807) is 0 Å². The van der Waals surface area contributed by atoms with Crippen molar-refractivity contribution in [3.8, 4) is 5.75 Å². The molecule has 0 saturated heterocycles. The van der Waals surface area contributed by atoms with Crippen molar-refractivity contribution in [1.29, 1.82) is 0 Å². The highest BCUT2D eigenvalue weighted by atomic mass is 19.1. The van der Waals surface area contributed by atoms with Crippen LogP contribution in [0, 0.1) is 5.82 Å². The largest absolute Gasteiger partial charge is 0.423 e. The molecule has 0 bridgehead atoms. The summed E-state index contributed by atoms with van der Waals surface area (Å²) in [6.07, 6.45) is 0. The first kappa shape index (κ1) is 6.74. The molecule has 3 heteroatoms. The van der Waals surface area contributed by atoms with E-state index in [1.807, 2.05) is 0 Å². The van der Waals surface area contributed by atoms with Gasteiger partial charge in [0, 0.05) is 6.07 Å². The standard InChI is InChI=1S/C7H4FO2/c8-6-2-1-3-7(4-6)10-5-9/h1-4H. The van der Waals surface area contributed by atoms with Crippen LogP contribution in [-0.4, -0.2) is 6.47 Å². The van der Waals surface area contributed by atoms with Crippen LogP contribution < -0.4 is 4.74 Å². The van der Waals surface area contributed by atoms with Gasteiger partial charge >= 0.3 is 6.47 Å². The first-order chi connectivity index (χ1) is 4.83. The molecule has 0 aliphatic rings. The van der Waals surface area contributed by atoms with Gasteiger partial charge in [0.15, 0.2) is 0 Å². The molecule has 1 rings (SSSR count). The normalized spacial score (nSPS) is 8.90. The maximum atomic E-state index is 12.3. The number of hydrogen-bond acceptors (Lipinski definition) is 2. The molecule has 0 saturated carbocycles. The number of benzene rings is 1. The maximum absolute atomic E-state index is 12.3. The first-order valence-corrected chi connectivity index (χ1v) is 2.62. The predicted octanol–water partition coefficient (Wildman–Crippen LogP) is 1.27. The van der Waals surface area contributed by atoms with Crippen LogP contribution in [0.15, 0.2) is 24.3 Å². The van der Waals surface area contributed by atoms with E-state index in [1.165, 1.54) is 24.7 Å². The van der Waals surface area contributed by atoms with Crippen LogP contribution in [-0.2, 0) is 4.79 Å². The van der Waals surface area contributed by atoms with E-state index in [0.717, 1.165) is 6.07 Å². The molecule has 1 aromatic carbocycles. The Morgan fingerprint density at radius 2 is 2.30 bits per heavy atom. The van der Waals surface area contributed by atoms with E-state index >= 15 is 0 Å². The molecule has 0 aliphatic heterocycles. The third kappa shape index (κ3) is 1.55. The maximum Gasteiger partial charge on any atom is 0.423 e. The number of carbonyl (C=O) groups excluding carboxylic acids is 1. The third-order valence-electron chi connectivity index (χ3n) is 0.956. The summed E-state index contributed by atoms with van der Waals surface area (Å²) < 4.78 is 16.5. The van der Waals surface area contributed by atoms with Gasteiger partial charge in [-0.15, -0.1) is 0 Å². The second kappa shape index (κ2) is 2.96. The van der Waals surface area contributed by atoms with E-state index in [2.05, 4.69) is 4.74 Å². The summed E-state index contributed by atoms with van der Waals surface area (Å²) in [5.74, 6) is -0.275. The number of hydrogen-bond donors (Lipinski definition) is 0. The highest BCUT2D eigenvalue weighted by Gasteiger charge is 1.93. The quantitative estimate of drug-likeness (QED) is 0.616. The lowest BCUT2D eigenvalue weighted by Gasteiger charge is -1.93. The molecule has 0 aromatic heterocycles. The average Bonchev–Trinajstić information content (AvgIpc) is 1.88. The van der Waals surface area contributed by atoms with Crippen molar-refractivity contribution in [3.05, 3.63) is 30.1 Å². The molecule has 0 heterocycles. The van der Waals surface area contributed by atoms with E-state index < -0.39 is 5.82 Å². The van der Waals surface area contributed by atoms with Gasteiger partial charge in [0.1, 0.15) is 11.6 Å². The Balaban J connectivity index is 2.84. The van der Waals surface area contributed by atoms with Crippen molar-refractivity contribution in [2.75, 3.05) is 0 Å². The van der Waals surface area contributed by atoms with E-state index in [-0.39, 0.29) is 5.75 Å². The van der Waals surface area contributed by atoms with E-state index in [9.17, 15) is 9.18 Å². The van der Waals surface area contributed by atoms with Gasteiger partial charge in [-0.2, -0.15) is 0 Å². The fourth-order valence-electron chi connectivity index (χ4n) is 0.579. The summed E-state index contributed by atoms with van der Waals surface area (Å²) in [7, 11) is 0. The Kier molecular flexibility index (Phi) is 1.99. The van der Waals surface area contributed by atoms with Gasteiger partial charge in [-0.25, -0.2) is 9.18 Å². The van der Waals surface area contributed by atoms with Gasteiger partial charge in [-0.3, -0.25) is 0 Å². The topological polar surface area (TPSA) is 26.3 Å². The minimum absolute atomic E-state index is 0.162. The molecule has 0 amide bonds. The Hall–Kier alpha value is -1.38. The van der Waals surface area contributed by atoms with Crippen molar-refractivity contribution >= 4 is 6.47 Å². The number of halogens is 1. The smallest absolute Gasteiger partial charge is 0.418 e. The van der Waals surface area contributed by atoms with Gasteiger partial charge in [-0.1, -0.05) is 6.07 Å². The molecule has 10 heavy (non-hydrogen) atoms. The van der Waals surface area contributed by atoms with E-state index in [0.29, 0.717) is 0 Å². The molecular formula is C7H4FO2. The minimum Gasteiger partial charge on any atom is -0.418 e. The summed E-state index contributed by atoms with van der Waals surface area (Å²) in [6.45, 7) is 1.19. The van der Waals surface area contributed by atoms with Gasteiger partial charge in [-0.05, 0) is 12.1 Å². The van der Waals surface area contributed by atoms with Crippen molar-refractivity contribution in [3.63, 3.8) is 0 Å². The molecule has 51 valence electrons. The summed E-state index contributed by atoms with van der Waals surface area (Å²) in [5.41, 5.74) is 0. The van der Waals surface area contributed by atoms with Crippen LogP contribution in [0.2, 0.25) is 0 Å². The number of rotatable bonds is 2. The molecule has 0 aliphatic carbocycles. The van der Waals surface area contributed by atoms with Crippen molar-refractivity contribution < 1.29 is 13.9 Å². The zero-order valence-electron chi connectivity index (χ0n) is 5.00. The van der Waals surface area contributed by atoms with Crippen LogP contribution in [0.25, 0.3) is 0 Å². The zero-order valence-corrected chi connectivity index (χ0v) is 5.00. The Bertz CT molecular complexity index is 235. The fraction of sp³-hybridized carbons (Fsp3) is 0. The van der Waals surface area contributed by atoms with Crippen molar-refractivity contribution in [2.45, 2.75) is 0 Å². The average molecular weight is 139 g/mol. The van der Waals surface area contributed by atoms with Gasteiger partial charge in [0.25, 0.3) is 0 Å². The van der Waals surface area contributed by atoms with Gasteiger partial charge < -0.3 is 4.74 Å². The lowest BCUT2D eigenvalue weighted by molar-refractivity contribution is 0.440. The van der Waals surface area contributed by atoms with Crippen molar-refractivity contribution in [1.82, 2.24) is 0 Å². The Labute approximate surface area is 57.2 Å². The van der Waals surface area contributed by atoms with Crippen LogP contribution in [0.1, 0.15) is 0 Å². The molecule has 0 atom stereocenters. The highest BCUT2D eigenvalue weighted by Crippen LogP contribution is 2.10. The minimum atomic E-state index is -0.437. The van der Waals surface area contributed by atoms with Crippen molar-refractivity contribution in [2.24, 2.45) is 0 Å². The zero-order chi connectivity index (χ0) is 7.40. The second-order valence-corrected chi connectivity index (χ2v) is 1.64. The van der Waals surface area contributed by atoms with Crippen LogP contribution >= 0.6 is 0 Å². The summed E-state index contributed by atoms with van der Waals surface area (Å²) in [6, 6.07) is 5.28. The molecule has 1 radical (unpaired) electrons. The van der Waals surface area contributed by atoms with E-state index in [4.69, 9.17) is 0 Å². The van der Waals surface area contributed by atoms with Gasteiger partial charge in [0.2, 0.25) is 0 Å².